The van der Waals surface area contributed by atoms with Gasteiger partial charge in [0.15, 0.2) is 5.78 Å². The highest BCUT2D eigenvalue weighted by Gasteiger charge is 2.25. The summed E-state index contributed by atoms with van der Waals surface area (Å²) < 4.78 is 0. The van der Waals surface area contributed by atoms with Crippen molar-refractivity contribution in [3.05, 3.63) is 65.5 Å². The molecule has 0 saturated carbocycles. The maximum Gasteiger partial charge on any atom is 0.253 e. The molecule has 2 aliphatic heterocycles. The number of nitrogens with zero attached hydrogens (tertiary/aromatic N) is 3. The molecule has 7 heteroatoms. The zero-order valence-corrected chi connectivity index (χ0v) is 19.0. The van der Waals surface area contributed by atoms with Crippen LogP contribution in [0.5, 0.6) is 0 Å². The lowest BCUT2D eigenvalue weighted by Gasteiger charge is -2.33. The fraction of sp³-hybridized carbons (Fsp3) is 0.462. The van der Waals surface area contributed by atoms with Crippen LogP contribution in [0.4, 0.5) is 0 Å². The first-order chi connectivity index (χ1) is 16.1. The molecule has 1 N–H and O–H groups in total. The van der Waals surface area contributed by atoms with Gasteiger partial charge in [-0.3, -0.25) is 24.3 Å². The molecule has 0 aliphatic carbocycles. The van der Waals surface area contributed by atoms with Crippen LogP contribution >= 0.6 is 0 Å². The monoisotopic (exact) mass is 448 g/mol. The van der Waals surface area contributed by atoms with E-state index < -0.39 is 0 Å². The van der Waals surface area contributed by atoms with Gasteiger partial charge < -0.3 is 10.2 Å². The van der Waals surface area contributed by atoms with Gasteiger partial charge in [0.1, 0.15) is 0 Å². The first-order valence-corrected chi connectivity index (χ1v) is 11.9. The van der Waals surface area contributed by atoms with Crippen molar-refractivity contribution in [3.8, 4) is 0 Å². The molecule has 7 nitrogen and oxygen atoms in total. The summed E-state index contributed by atoms with van der Waals surface area (Å²) in [6.07, 6.45) is 7.74. The zero-order chi connectivity index (χ0) is 23.0. The van der Waals surface area contributed by atoms with Crippen molar-refractivity contribution in [3.63, 3.8) is 0 Å². The summed E-state index contributed by atoms with van der Waals surface area (Å²) in [7, 11) is 0. The van der Waals surface area contributed by atoms with Crippen LogP contribution in [0, 0.1) is 0 Å². The highest BCUT2D eigenvalue weighted by atomic mass is 16.2. The maximum atomic E-state index is 12.7. The number of ketones is 1. The van der Waals surface area contributed by atoms with E-state index in [1.165, 1.54) is 24.6 Å². The Morgan fingerprint density at radius 3 is 2.45 bits per heavy atom. The number of likely N-dealkylation sites (tertiary alicyclic amines) is 2. The van der Waals surface area contributed by atoms with Crippen molar-refractivity contribution in [2.45, 2.75) is 51.1 Å². The molecular formula is C26H32N4O3. The highest BCUT2D eigenvalue weighted by Crippen LogP contribution is 2.16. The number of hydrogen-bond donors (Lipinski definition) is 1. The summed E-state index contributed by atoms with van der Waals surface area (Å²) in [5.74, 6) is -0.213. The molecule has 1 aromatic carbocycles. The van der Waals surface area contributed by atoms with Gasteiger partial charge in [0.05, 0.1) is 5.56 Å². The number of amides is 2. The Morgan fingerprint density at radius 2 is 1.73 bits per heavy atom. The third-order valence-corrected chi connectivity index (χ3v) is 6.48. The average Bonchev–Trinajstić information content (AvgIpc) is 3.36. The second-order valence-corrected chi connectivity index (χ2v) is 9.00. The van der Waals surface area contributed by atoms with Gasteiger partial charge in [-0.1, -0.05) is 24.3 Å². The van der Waals surface area contributed by atoms with Gasteiger partial charge in [0.2, 0.25) is 5.91 Å². The number of carbonyl (C=O) groups is 3. The lowest BCUT2D eigenvalue weighted by molar-refractivity contribution is -0.132. The van der Waals surface area contributed by atoms with E-state index in [1.54, 1.807) is 23.2 Å². The molecule has 2 amide bonds. The molecule has 0 radical (unpaired) electrons. The third kappa shape index (κ3) is 6.48. The van der Waals surface area contributed by atoms with Crippen molar-refractivity contribution in [1.29, 1.82) is 0 Å². The average molecular weight is 449 g/mol. The zero-order valence-electron chi connectivity index (χ0n) is 19.0. The minimum atomic E-state index is -0.175. The third-order valence-electron chi connectivity index (χ3n) is 6.48. The first kappa shape index (κ1) is 23.1. The van der Waals surface area contributed by atoms with E-state index in [0.29, 0.717) is 24.2 Å². The van der Waals surface area contributed by atoms with Crippen LogP contribution in [0.1, 0.15) is 64.8 Å². The van der Waals surface area contributed by atoms with Crippen molar-refractivity contribution >= 4 is 17.6 Å². The Hall–Kier alpha value is -3.06. The van der Waals surface area contributed by atoms with E-state index in [9.17, 15) is 14.4 Å². The van der Waals surface area contributed by atoms with Crippen LogP contribution in [0.15, 0.2) is 48.8 Å². The minimum Gasteiger partial charge on any atom is -0.347 e. The van der Waals surface area contributed by atoms with Crippen LogP contribution in [-0.2, 0) is 11.3 Å². The predicted octanol–water partition coefficient (Wildman–Crippen LogP) is 3.06. The van der Waals surface area contributed by atoms with E-state index in [4.69, 9.17) is 0 Å². The molecule has 2 aliphatic rings. The molecule has 1 unspecified atom stereocenters. The van der Waals surface area contributed by atoms with Crippen molar-refractivity contribution in [1.82, 2.24) is 20.1 Å². The van der Waals surface area contributed by atoms with Crippen molar-refractivity contribution in [2.24, 2.45) is 0 Å². The molecule has 174 valence electrons. The normalized spacial score (nSPS) is 18.8. The van der Waals surface area contributed by atoms with E-state index >= 15 is 0 Å². The molecule has 2 aromatic rings. The Morgan fingerprint density at radius 1 is 0.939 bits per heavy atom. The summed E-state index contributed by atoms with van der Waals surface area (Å²) in [4.78, 5) is 45.9. The number of Topliss-reactive ketones (excluding diaryl/α,β-unsaturated/α-hetero) is 1. The summed E-state index contributed by atoms with van der Waals surface area (Å²) in [6, 6.07) is 11.2. The lowest BCUT2D eigenvalue weighted by atomic mass is 10.0. The number of pyridine rings is 1. The summed E-state index contributed by atoms with van der Waals surface area (Å²) in [5, 5.41) is 3.00. The number of benzene rings is 1. The highest BCUT2D eigenvalue weighted by molar-refractivity contribution is 5.98. The molecule has 33 heavy (non-hydrogen) atoms. The summed E-state index contributed by atoms with van der Waals surface area (Å²) in [6.45, 7) is 4.36. The fourth-order valence-electron chi connectivity index (χ4n) is 4.61. The van der Waals surface area contributed by atoms with Gasteiger partial charge >= 0.3 is 0 Å². The van der Waals surface area contributed by atoms with E-state index in [2.05, 4.69) is 15.2 Å². The predicted molar refractivity (Wildman–Crippen MR) is 126 cm³/mol. The van der Waals surface area contributed by atoms with E-state index in [1.807, 2.05) is 24.3 Å². The number of nitrogens with one attached hydrogen (secondary N) is 1. The Labute approximate surface area is 195 Å². The van der Waals surface area contributed by atoms with Gasteiger partial charge in [0.25, 0.3) is 5.91 Å². The number of carbonyl (C=O) groups excluding carboxylic acids is 3. The Kier molecular flexibility index (Phi) is 7.83. The molecule has 0 spiro atoms. The van der Waals surface area contributed by atoms with Gasteiger partial charge in [-0.25, -0.2) is 0 Å². The van der Waals surface area contributed by atoms with Crippen LogP contribution in [-0.4, -0.2) is 64.6 Å². The maximum absolute atomic E-state index is 12.7. The fourth-order valence-corrected chi connectivity index (χ4v) is 4.61. The van der Waals surface area contributed by atoms with Gasteiger partial charge in [0, 0.05) is 56.5 Å². The number of aromatic nitrogens is 1. The minimum absolute atomic E-state index is 0.00508. The molecular weight excluding hydrogens is 416 g/mol. The summed E-state index contributed by atoms with van der Waals surface area (Å²) >= 11 is 0. The van der Waals surface area contributed by atoms with Crippen molar-refractivity contribution < 1.29 is 14.4 Å². The number of rotatable bonds is 8. The van der Waals surface area contributed by atoms with E-state index in [0.717, 1.165) is 32.5 Å². The standard InChI is InChI=1S/C26H32N4O3/c31-24(21-9-7-20(8-10-21)18-29-14-1-2-15-29)11-12-25(32)30-16-4-6-23(19-30)28-26(33)22-5-3-13-27-17-22/h3,5,7-10,13,17,23H,1-2,4,6,11-12,14-16,18-19H2,(H,28,33). The lowest BCUT2D eigenvalue weighted by Crippen LogP contribution is -2.49. The molecule has 1 atom stereocenters. The topological polar surface area (TPSA) is 82.6 Å². The number of piperidine rings is 1. The summed E-state index contributed by atoms with van der Waals surface area (Å²) in [5.41, 5.74) is 2.39. The quantitative estimate of drug-likeness (QED) is 0.628. The van der Waals surface area contributed by atoms with Crippen molar-refractivity contribution in [2.75, 3.05) is 26.2 Å². The molecule has 3 heterocycles. The second kappa shape index (κ2) is 11.2. The Balaban J connectivity index is 1.23. The van der Waals surface area contributed by atoms with Crippen LogP contribution in [0.25, 0.3) is 0 Å². The first-order valence-electron chi connectivity index (χ1n) is 11.9. The molecule has 2 fully saturated rings. The molecule has 0 bridgehead atoms. The molecule has 1 aromatic heterocycles. The molecule has 2 saturated heterocycles. The van der Waals surface area contributed by atoms with Gasteiger partial charge in [-0.05, 0) is 56.5 Å². The van der Waals surface area contributed by atoms with Crippen LogP contribution < -0.4 is 5.32 Å². The largest absolute Gasteiger partial charge is 0.347 e. The van der Waals surface area contributed by atoms with Gasteiger partial charge in [-0.2, -0.15) is 0 Å². The van der Waals surface area contributed by atoms with E-state index in [-0.39, 0.29) is 36.5 Å². The Bertz CT molecular complexity index is 955. The number of hydrogen-bond acceptors (Lipinski definition) is 5. The SMILES string of the molecule is O=C(CCC(=O)N1CCCC(NC(=O)c2cccnc2)C1)c1ccc(CN2CCCC2)cc1. The van der Waals surface area contributed by atoms with Crippen LogP contribution in [0.2, 0.25) is 0 Å². The van der Waals surface area contributed by atoms with Gasteiger partial charge in [-0.15, -0.1) is 0 Å². The smallest absolute Gasteiger partial charge is 0.253 e. The van der Waals surface area contributed by atoms with Crippen LogP contribution in [0.3, 0.4) is 0 Å². The second-order valence-electron chi connectivity index (χ2n) is 9.00. The molecule has 4 rings (SSSR count).